The van der Waals surface area contributed by atoms with E-state index in [1.54, 1.807) is 42.1 Å². The van der Waals surface area contributed by atoms with Gasteiger partial charge in [-0.2, -0.15) is 0 Å². The van der Waals surface area contributed by atoms with Gasteiger partial charge >= 0.3 is 0 Å². The third-order valence-corrected chi connectivity index (χ3v) is 5.11. The van der Waals surface area contributed by atoms with Gasteiger partial charge in [-0.25, -0.2) is 13.8 Å². The molecule has 0 fully saturated rings. The Labute approximate surface area is 161 Å². The van der Waals surface area contributed by atoms with Gasteiger partial charge in [0.15, 0.2) is 5.16 Å². The van der Waals surface area contributed by atoms with Gasteiger partial charge in [-0.05, 0) is 43.3 Å². The number of anilines is 1. The molecule has 134 valence electrons. The first-order chi connectivity index (χ1) is 12.4. The van der Waals surface area contributed by atoms with Crippen molar-refractivity contribution in [1.29, 1.82) is 0 Å². The maximum absolute atomic E-state index is 13.9. The zero-order chi connectivity index (χ0) is 18.7. The number of imidazole rings is 1. The van der Waals surface area contributed by atoms with E-state index in [-0.39, 0.29) is 17.4 Å². The highest BCUT2D eigenvalue weighted by Crippen LogP contribution is 2.26. The van der Waals surface area contributed by atoms with Gasteiger partial charge in [-0.1, -0.05) is 33.8 Å². The second-order valence-corrected chi connectivity index (χ2v) is 7.66. The van der Waals surface area contributed by atoms with E-state index in [0.717, 1.165) is 0 Å². The van der Waals surface area contributed by atoms with Crippen molar-refractivity contribution in [3.05, 3.63) is 71.0 Å². The van der Waals surface area contributed by atoms with Crippen LogP contribution in [0.4, 0.5) is 14.5 Å². The van der Waals surface area contributed by atoms with Gasteiger partial charge < -0.3 is 5.32 Å². The number of hydrogen-bond donors (Lipinski definition) is 1. The number of thioether (sulfide) groups is 1. The van der Waals surface area contributed by atoms with Crippen LogP contribution in [-0.2, 0) is 4.79 Å². The third-order valence-electron chi connectivity index (χ3n) is 3.53. The van der Waals surface area contributed by atoms with Crippen LogP contribution in [0.15, 0.2) is 64.5 Å². The van der Waals surface area contributed by atoms with Crippen molar-refractivity contribution in [3.8, 4) is 5.69 Å². The van der Waals surface area contributed by atoms with Gasteiger partial charge in [0, 0.05) is 16.9 Å². The largest absolute Gasteiger partial charge is 0.323 e. The molecule has 3 aromatic rings. The minimum Gasteiger partial charge on any atom is -0.323 e. The fourth-order valence-corrected chi connectivity index (χ4v) is 3.45. The van der Waals surface area contributed by atoms with E-state index >= 15 is 0 Å². The fourth-order valence-electron chi connectivity index (χ4n) is 2.24. The highest BCUT2D eigenvalue weighted by atomic mass is 79.9. The lowest BCUT2D eigenvalue weighted by molar-refractivity contribution is -0.115. The predicted molar refractivity (Wildman–Crippen MR) is 102 cm³/mol. The molecule has 0 saturated carbocycles. The number of carbonyl (C=O) groups is 1. The Morgan fingerprint density at radius 2 is 2.08 bits per heavy atom. The SMILES string of the molecule is CC(Sc1nccn1-c1cccc(F)c1)C(=O)Nc1ccc(Br)cc1F. The monoisotopic (exact) mass is 437 g/mol. The number of nitrogens with one attached hydrogen (secondary N) is 1. The van der Waals surface area contributed by atoms with E-state index in [1.807, 2.05) is 0 Å². The molecule has 2 aromatic carbocycles. The Bertz CT molecular complexity index is 948. The van der Waals surface area contributed by atoms with E-state index in [2.05, 4.69) is 26.2 Å². The lowest BCUT2D eigenvalue weighted by Crippen LogP contribution is -2.23. The molecule has 0 spiro atoms. The molecule has 1 heterocycles. The smallest absolute Gasteiger partial charge is 0.237 e. The molecule has 1 aromatic heterocycles. The van der Waals surface area contributed by atoms with Crippen LogP contribution in [0.25, 0.3) is 5.69 Å². The van der Waals surface area contributed by atoms with Crippen LogP contribution in [0.2, 0.25) is 0 Å². The number of nitrogens with zero attached hydrogens (tertiary/aromatic N) is 2. The highest BCUT2D eigenvalue weighted by Gasteiger charge is 2.19. The molecule has 0 radical (unpaired) electrons. The molecule has 1 N–H and O–H groups in total. The van der Waals surface area contributed by atoms with Crippen LogP contribution >= 0.6 is 27.7 Å². The van der Waals surface area contributed by atoms with Crippen LogP contribution in [0.5, 0.6) is 0 Å². The second kappa shape index (κ2) is 8.01. The maximum atomic E-state index is 13.9. The molecule has 4 nitrogen and oxygen atoms in total. The average Bonchev–Trinajstić information content (AvgIpc) is 3.05. The maximum Gasteiger partial charge on any atom is 0.237 e. The summed E-state index contributed by atoms with van der Waals surface area (Å²) < 4.78 is 29.6. The Balaban J connectivity index is 1.73. The fraction of sp³-hybridized carbons (Fsp3) is 0.111. The Hall–Kier alpha value is -2.19. The summed E-state index contributed by atoms with van der Waals surface area (Å²) in [6, 6.07) is 10.5. The van der Waals surface area contributed by atoms with Crippen LogP contribution in [-0.4, -0.2) is 20.7 Å². The predicted octanol–water partition coefficient (Wildman–Crippen LogP) is 5.03. The molecule has 1 unspecified atom stereocenters. The van der Waals surface area contributed by atoms with Crippen molar-refractivity contribution in [1.82, 2.24) is 9.55 Å². The normalized spacial score (nSPS) is 12.0. The first kappa shape index (κ1) is 18.6. The number of hydrogen-bond acceptors (Lipinski definition) is 3. The molecule has 26 heavy (non-hydrogen) atoms. The molecule has 0 aliphatic carbocycles. The van der Waals surface area contributed by atoms with Crippen LogP contribution in [0, 0.1) is 11.6 Å². The Morgan fingerprint density at radius 3 is 2.81 bits per heavy atom. The van der Waals surface area contributed by atoms with Crippen LogP contribution in [0.3, 0.4) is 0 Å². The first-order valence-electron chi connectivity index (χ1n) is 7.66. The number of aromatic nitrogens is 2. The third kappa shape index (κ3) is 4.31. The van der Waals surface area contributed by atoms with E-state index in [4.69, 9.17) is 0 Å². The molecule has 1 atom stereocenters. The number of carbonyl (C=O) groups excluding carboxylic acids is 1. The Morgan fingerprint density at radius 1 is 1.27 bits per heavy atom. The Kier molecular flexibility index (Phi) is 5.73. The minimum atomic E-state index is -0.534. The molecule has 3 rings (SSSR count). The summed E-state index contributed by atoms with van der Waals surface area (Å²) >= 11 is 4.37. The van der Waals surface area contributed by atoms with E-state index in [0.29, 0.717) is 15.3 Å². The number of amides is 1. The molecule has 0 aliphatic rings. The van der Waals surface area contributed by atoms with Crippen molar-refractivity contribution >= 4 is 39.3 Å². The summed E-state index contributed by atoms with van der Waals surface area (Å²) in [5.41, 5.74) is 0.718. The molecular formula is C18H14BrF2N3OS. The molecular weight excluding hydrogens is 424 g/mol. The molecule has 0 saturated heterocycles. The summed E-state index contributed by atoms with van der Waals surface area (Å²) in [6.45, 7) is 1.70. The first-order valence-corrected chi connectivity index (χ1v) is 9.33. The van der Waals surface area contributed by atoms with Gasteiger partial charge in [0.1, 0.15) is 11.6 Å². The quantitative estimate of drug-likeness (QED) is 0.569. The van der Waals surface area contributed by atoms with Crippen molar-refractivity contribution < 1.29 is 13.6 Å². The summed E-state index contributed by atoms with van der Waals surface area (Å²) in [7, 11) is 0. The molecule has 8 heteroatoms. The van der Waals surface area contributed by atoms with Crippen molar-refractivity contribution in [2.24, 2.45) is 0 Å². The van der Waals surface area contributed by atoms with Crippen LogP contribution < -0.4 is 5.32 Å². The van der Waals surface area contributed by atoms with Crippen molar-refractivity contribution in [2.45, 2.75) is 17.3 Å². The van der Waals surface area contributed by atoms with Crippen molar-refractivity contribution in [3.63, 3.8) is 0 Å². The summed E-state index contributed by atoms with van der Waals surface area (Å²) in [5, 5.41) is 2.57. The van der Waals surface area contributed by atoms with Gasteiger partial charge in [-0.15, -0.1) is 0 Å². The number of rotatable bonds is 5. The number of halogens is 3. The standard InChI is InChI=1S/C18H14BrF2N3OS/c1-11(17(25)23-16-6-5-12(19)9-15(16)21)26-18-22-7-8-24(18)14-4-2-3-13(20)10-14/h2-11H,1H3,(H,23,25). The lowest BCUT2D eigenvalue weighted by atomic mass is 10.3. The highest BCUT2D eigenvalue weighted by molar-refractivity contribution is 9.10. The number of benzene rings is 2. The molecule has 1 amide bonds. The second-order valence-electron chi connectivity index (χ2n) is 5.43. The van der Waals surface area contributed by atoms with Crippen LogP contribution in [0.1, 0.15) is 6.92 Å². The van der Waals surface area contributed by atoms with Gasteiger partial charge in [0.2, 0.25) is 5.91 Å². The summed E-state index contributed by atoms with van der Waals surface area (Å²) in [4.78, 5) is 16.6. The molecule has 0 bridgehead atoms. The zero-order valence-electron chi connectivity index (χ0n) is 13.6. The van der Waals surface area contributed by atoms with Gasteiger partial charge in [0.05, 0.1) is 16.6 Å². The minimum absolute atomic E-state index is 0.110. The summed E-state index contributed by atoms with van der Waals surface area (Å²) in [6.07, 6.45) is 3.27. The average molecular weight is 438 g/mol. The zero-order valence-corrected chi connectivity index (χ0v) is 16.0. The van der Waals surface area contributed by atoms with E-state index in [1.165, 1.54) is 36.0 Å². The van der Waals surface area contributed by atoms with Gasteiger partial charge in [-0.3, -0.25) is 9.36 Å². The van der Waals surface area contributed by atoms with Gasteiger partial charge in [0.25, 0.3) is 0 Å². The summed E-state index contributed by atoms with van der Waals surface area (Å²) in [5.74, 6) is -1.24. The molecule has 0 aliphatic heterocycles. The van der Waals surface area contributed by atoms with Crippen molar-refractivity contribution in [2.75, 3.05) is 5.32 Å². The lowest BCUT2D eigenvalue weighted by Gasteiger charge is -2.13. The van der Waals surface area contributed by atoms with E-state index < -0.39 is 11.1 Å². The topological polar surface area (TPSA) is 46.9 Å². The van der Waals surface area contributed by atoms with E-state index in [9.17, 15) is 13.6 Å².